The Hall–Kier alpha value is -0.940. The maximum absolute atomic E-state index is 11.0. The first kappa shape index (κ1) is 11.5. The molecular formula is C11H17N3OS. The van der Waals surface area contributed by atoms with Crippen molar-refractivity contribution in [3.05, 3.63) is 16.6 Å². The molecule has 0 aromatic carbocycles. The van der Waals surface area contributed by atoms with E-state index in [4.69, 9.17) is 5.73 Å². The van der Waals surface area contributed by atoms with Crippen LogP contribution >= 0.6 is 11.3 Å². The van der Waals surface area contributed by atoms with Gasteiger partial charge in [0.1, 0.15) is 0 Å². The van der Waals surface area contributed by atoms with E-state index in [1.54, 1.807) is 11.3 Å². The summed E-state index contributed by atoms with van der Waals surface area (Å²) in [5.74, 6) is -0.0395. The first-order valence-corrected chi connectivity index (χ1v) is 6.53. The number of hydrogen-bond donors (Lipinski definition) is 2. The van der Waals surface area contributed by atoms with Crippen molar-refractivity contribution in [2.45, 2.75) is 38.3 Å². The third-order valence-electron chi connectivity index (χ3n) is 3.18. The number of rotatable bonds is 4. The van der Waals surface area contributed by atoms with E-state index in [-0.39, 0.29) is 11.8 Å². The maximum atomic E-state index is 11.0. The van der Waals surface area contributed by atoms with Crippen molar-refractivity contribution >= 4 is 17.2 Å². The Morgan fingerprint density at radius 2 is 2.25 bits per heavy atom. The summed E-state index contributed by atoms with van der Waals surface area (Å²) in [5.41, 5.74) is 7.15. The monoisotopic (exact) mass is 239 g/mol. The van der Waals surface area contributed by atoms with E-state index in [1.165, 1.54) is 4.88 Å². The molecule has 0 unspecified atom stereocenters. The number of primary amides is 1. The zero-order valence-electron chi connectivity index (χ0n) is 9.19. The maximum Gasteiger partial charge on any atom is 0.220 e. The zero-order valence-corrected chi connectivity index (χ0v) is 10.0. The molecule has 16 heavy (non-hydrogen) atoms. The van der Waals surface area contributed by atoms with Gasteiger partial charge in [-0.05, 0) is 25.7 Å². The first-order valence-electron chi connectivity index (χ1n) is 5.66. The Balaban J connectivity index is 1.71. The number of amides is 1. The summed E-state index contributed by atoms with van der Waals surface area (Å²) < 4.78 is 0. The molecule has 3 N–H and O–H groups in total. The van der Waals surface area contributed by atoms with Gasteiger partial charge in [-0.3, -0.25) is 9.78 Å². The van der Waals surface area contributed by atoms with Crippen molar-refractivity contribution in [1.82, 2.24) is 10.3 Å². The van der Waals surface area contributed by atoms with Crippen LogP contribution in [0.3, 0.4) is 0 Å². The minimum atomic E-state index is -0.138. The van der Waals surface area contributed by atoms with Crippen LogP contribution in [0.2, 0.25) is 0 Å². The number of nitrogens with one attached hydrogen (secondary N) is 1. The highest BCUT2D eigenvalue weighted by Gasteiger charge is 2.24. The highest BCUT2D eigenvalue weighted by Crippen LogP contribution is 2.24. The second-order valence-electron chi connectivity index (χ2n) is 4.30. The summed E-state index contributed by atoms with van der Waals surface area (Å²) in [6.07, 6.45) is 5.84. The van der Waals surface area contributed by atoms with Gasteiger partial charge in [0.15, 0.2) is 0 Å². The van der Waals surface area contributed by atoms with Gasteiger partial charge in [0.2, 0.25) is 5.91 Å². The van der Waals surface area contributed by atoms with Crippen molar-refractivity contribution in [2.75, 3.05) is 0 Å². The number of thiazole rings is 1. The average molecular weight is 239 g/mol. The lowest BCUT2D eigenvalue weighted by atomic mass is 9.85. The summed E-state index contributed by atoms with van der Waals surface area (Å²) in [4.78, 5) is 16.3. The lowest BCUT2D eigenvalue weighted by Gasteiger charge is -2.27. The lowest BCUT2D eigenvalue weighted by Crippen LogP contribution is -2.36. The van der Waals surface area contributed by atoms with Gasteiger partial charge in [-0.25, -0.2) is 0 Å². The molecule has 1 aromatic heterocycles. The lowest BCUT2D eigenvalue weighted by molar-refractivity contribution is -0.122. The molecule has 1 heterocycles. The molecule has 5 heteroatoms. The van der Waals surface area contributed by atoms with Crippen LogP contribution in [-0.2, 0) is 11.3 Å². The van der Waals surface area contributed by atoms with Gasteiger partial charge in [0.25, 0.3) is 0 Å². The van der Waals surface area contributed by atoms with Crippen LogP contribution in [0.25, 0.3) is 0 Å². The Labute approximate surface area is 99.3 Å². The molecule has 1 fully saturated rings. The molecule has 4 nitrogen and oxygen atoms in total. The van der Waals surface area contributed by atoms with Crippen LogP contribution in [0.15, 0.2) is 11.7 Å². The fourth-order valence-corrected chi connectivity index (χ4v) is 2.70. The standard InChI is InChI=1S/C11H17N3OS/c12-11(15)8-1-3-9(4-2-8)14-6-10-5-13-7-16-10/h5,7-9,14H,1-4,6H2,(H2,12,15). The summed E-state index contributed by atoms with van der Waals surface area (Å²) >= 11 is 1.67. The highest BCUT2D eigenvalue weighted by molar-refractivity contribution is 7.09. The van der Waals surface area contributed by atoms with Crippen molar-refractivity contribution in [1.29, 1.82) is 0 Å². The molecule has 0 bridgehead atoms. The van der Waals surface area contributed by atoms with E-state index in [0.29, 0.717) is 6.04 Å². The van der Waals surface area contributed by atoms with E-state index in [9.17, 15) is 4.79 Å². The van der Waals surface area contributed by atoms with Crippen LogP contribution in [0.1, 0.15) is 30.6 Å². The second-order valence-corrected chi connectivity index (χ2v) is 5.27. The predicted molar refractivity (Wildman–Crippen MR) is 63.9 cm³/mol. The van der Waals surface area contributed by atoms with Crippen molar-refractivity contribution < 1.29 is 4.79 Å². The quantitative estimate of drug-likeness (QED) is 0.831. The normalized spacial score (nSPS) is 25.5. The van der Waals surface area contributed by atoms with Crippen LogP contribution in [0.5, 0.6) is 0 Å². The van der Waals surface area contributed by atoms with E-state index in [0.717, 1.165) is 32.2 Å². The Morgan fingerprint density at radius 3 is 2.81 bits per heavy atom. The third-order valence-corrected chi connectivity index (χ3v) is 3.96. The highest BCUT2D eigenvalue weighted by atomic mass is 32.1. The smallest absolute Gasteiger partial charge is 0.220 e. The number of nitrogens with zero attached hydrogens (tertiary/aromatic N) is 1. The third kappa shape index (κ3) is 3.02. The van der Waals surface area contributed by atoms with Gasteiger partial charge < -0.3 is 11.1 Å². The second kappa shape index (κ2) is 5.41. The van der Waals surface area contributed by atoms with Crippen LogP contribution in [0, 0.1) is 5.92 Å². The number of carbonyl (C=O) groups is 1. The van der Waals surface area contributed by atoms with Gasteiger partial charge in [0.05, 0.1) is 5.51 Å². The van der Waals surface area contributed by atoms with Crippen LogP contribution in [0.4, 0.5) is 0 Å². The Kier molecular flexibility index (Phi) is 3.90. The largest absolute Gasteiger partial charge is 0.369 e. The fraction of sp³-hybridized carbons (Fsp3) is 0.636. The van der Waals surface area contributed by atoms with E-state index < -0.39 is 0 Å². The van der Waals surface area contributed by atoms with Crippen molar-refractivity contribution in [3.8, 4) is 0 Å². The molecule has 0 aliphatic heterocycles. The van der Waals surface area contributed by atoms with Gasteiger partial charge in [-0.1, -0.05) is 0 Å². The summed E-state index contributed by atoms with van der Waals surface area (Å²) in [6, 6.07) is 0.526. The van der Waals surface area contributed by atoms with Gasteiger partial charge in [0, 0.05) is 29.6 Å². The minimum Gasteiger partial charge on any atom is -0.369 e. The molecule has 2 rings (SSSR count). The average Bonchev–Trinajstić information content (AvgIpc) is 2.80. The van der Waals surface area contributed by atoms with Gasteiger partial charge >= 0.3 is 0 Å². The van der Waals surface area contributed by atoms with Crippen LogP contribution < -0.4 is 11.1 Å². The van der Waals surface area contributed by atoms with E-state index in [2.05, 4.69) is 10.3 Å². The van der Waals surface area contributed by atoms with E-state index >= 15 is 0 Å². The molecule has 0 atom stereocenters. The molecular weight excluding hydrogens is 222 g/mol. The molecule has 0 saturated heterocycles. The van der Waals surface area contributed by atoms with Crippen LogP contribution in [-0.4, -0.2) is 16.9 Å². The summed E-state index contributed by atoms with van der Waals surface area (Å²) in [7, 11) is 0. The molecule has 88 valence electrons. The summed E-state index contributed by atoms with van der Waals surface area (Å²) in [6.45, 7) is 0.885. The summed E-state index contributed by atoms with van der Waals surface area (Å²) in [5, 5.41) is 3.50. The van der Waals surface area contributed by atoms with Gasteiger partial charge in [-0.2, -0.15) is 0 Å². The number of carbonyl (C=O) groups excluding carboxylic acids is 1. The number of nitrogens with two attached hydrogens (primary N) is 1. The van der Waals surface area contributed by atoms with E-state index in [1.807, 2.05) is 11.7 Å². The predicted octanol–water partition coefficient (Wildman–Crippen LogP) is 1.28. The topological polar surface area (TPSA) is 68.0 Å². The van der Waals surface area contributed by atoms with Gasteiger partial charge in [-0.15, -0.1) is 11.3 Å². The molecule has 1 amide bonds. The van der Waals surface area contributed by atoms with Crippen molar-refractivity contribution in [2.24, 2.45) is 11.7 Å². The molecule has 0 radical (unpaired) electrons. The number of aromatic nitrogens is 1. The molecule has 0 spiro atoms. The molecule has 1 aliphatic carbocycles. The molecule has 1 saturated carbocycles. The zero-order chi connectivity index (χ0) is 11.4. The molecule has 1 aromatic rings. The van der Waals surface area contributed by atoms with Crippen molar-refractivity contribution in [3.63, 3.8) is 0 Å². The fourth-order valence-electron chi connectivity index (χ4n) is 2.16. The number of hydrogen-bond acceptors (Lipinski definition) is 4. The minimum absolute atomic E-state index is 0.0986. The Bertz CT molecular complexity index is 331. The molecule has 1 aliphatic rings. The first-order chi connectivity index (χ1) is 7.75. The Morgan fingerprint density at radius 1 is 1.50 bits per heavy atom. The SMILES string of the molecule is NC(=O)C1CCC(NCc2cncs2)CC1.